The molecule has 0 spiro atoms. The van der Waals surface area contributed by atoms with Gasteiger partial charge in [-0.3, -0.25) is 0 Å². The van der Waals surface area contributed by atoms with Gasteiger partial charge in [-0.15, -0.1) is 6.58 Å². The van der Waals surface area contributed by atoms with Crippen LogP contribution in [0.2, 0.25) is 0 Å². The Bertz CT molecular complexity index is 307. The first-order valence-corrected chi connectivity index (χ1v) is 5.07. The summed E-state index contributed by atoms with van der Waals surface area (Å²) >= 11 is 3.50. The largest absolute Gasteiger partial charge is 0.324 e. The van der Waals surface area contributed by atoms with Gasteiger partial charge in [0.05, 0.1) is 0 Å². The van der Waals surface area contributed by atoms with Crippen molar-refractivity contribution in [2.24, 2.45) is 5.73 Å². The van der Waals surface area contributed by atoms with Crippen LogP contribution in [0.25, 0.3) is 0 Å². The van der Waals surface area contributed by atoms with Gasteiger partial charge in [-0.25, -0.2) is 0 Å². The monoisotopic (exact) mass is 239 g/mol. The van der Waals surface area contributed by atoms with Crippen LogP contribution in [0.4, 0.5) is 0 Å². The molecule has 13 heavy (non-hydrogen) atoms. The summed E-state index contributed by atoms with van der Waals surface area (Å²) in [6, 6.07) is 6.27. The van der Waals surface area contributed by atoms with Gasteiger partial charge in [0.25, 0.3) is 0 Å². The molecule has 0 aromatic heterocycles. The molecule has 70 valence electrons. The third-order valence-corrected chi connectivity index (χ3v) is 2.66. The Hall–Kier alpha value is -0.600. The topological polar surface area (TPSA) is 26.0 Å². The van der Waals surface area contributed by atoms with E-state index < -0.39 is 0 Å². The molecule has 0 heterocycles. The van der Waals surface area contributed by atoms with E-state index in [1.807, 2.05) is 6.08 Å². The molecule has 1 rings (SSSR count). The molecular weight excluding hydrogens is 226 g/mol. The van der Waals surface area contributed by atoms with Crippen molar-refractivity contribution >= 4 is 15.9 Å². The molecule has 2 heteroatoms. The van der Waals surface area contributed by atoms with Crippen LogP contribution in [0.15, 0.2) is 35.3 Å². The van der Waals surface area contributed by atoms with E-state index >= 15 is 0 Å². The summed E-state index contributed by atoms with van der Waals surface area (Å²) in [5, 5.41) is 0. The van der Waals surface area contributed by atoms with E-state index in [0.29, 0.717) is 0 Å². The molecule has 0 bridgehead atoms. The van der Waals surface area contributed by atoms with Crippen molar-refractivity contribution in [1.29, 1.82) is 0 Å². The number of benzene rings is 1. The van der Waals surface area contributed by atoms with Gasteiger partial charge in [0.2, 0.25) is 0 Å². The maximum absolute atomic E-state index is 5.96. The lowest BCUT2D eigenvalue weighted by atomic mass is 10.0. The summed E-state index contributed by atoms with van der Waals surface area (Å²) in [4.78, 5) is 0. The van der Waals surface area contributed by atoms with Crippen molar-refractivity contribution in [2.75, 3.05) is 0 Å². The smallest absolute Gasteiger partial charge is 0.0340 e. The number of nitrogens with two attached hydrogens (primary N) is 1. The third kappa shape index (κ3) is 2.68. The fourth-order valence-corrected chi connectivity index (χ4v) is 2.03. The average molecular weight is 240 g/mol. The first-order valence-electron chi connectivity index (χ1n) is 4.27. The highest BCUT2D eigenvalue weighted by Crippen LogP contribution is 2.25. The quantitative estimate of drug-likeness (QED) is 0.805. The summed E-state index contributed by atoms with van der Waals surface area (Å²) in [6.45, 7) is 5.74. The number of rotatable bonds is 3. The Morgan fingerprint density at radius 3 is 2.85 bits per heavy atom. The zero-order valence-corrected chi connectivity index (χ0v) is 9.34. The number of halogens is 1. The van der Waals surface area contributed by atoms with E-state index in [2.05, 4.69) is 47.6 Å². The van der Waals surface area contributed by atoms with Crippen LogP contribution in [0, 0.1) is 6.92 Å². The van der Waals surface area contributed by atoms with E-state index in [1.54, 1.807) is 0 Å². The molecule has 0 amide bonds. The van der Waals surface area contributed by atoms with Crippen LogP contribution in [-0.4, -0.2) is 0 Å². The molecule has 0 aliphatic heterocycles. The molecule has 0 aliphatic carbocycles. The predicted octanol–water partition coefficient (Wildman–Crippen LogP) is 3.33. The first-order chi connectivity index (χ1) is 6.15. The van der Waals surface area contributed by atoms with Gasteiger partial charge in [-0.2, -0.15) is 0 Å². The van der Waals surface area contributed by atoms with Crippen LogP contribution >= 0.6 is 15.9 Å². The molecule has 1 nitrogen and oxygen atoms in total. The second-order valence-electron chi connectivity index (χ2n) is 3.16. The van der Waals surface area contributed by atoms with E-state index in [4.69, 9.17) is 5.73 Å². The van der Waals surface area contributed by atoms with Crippen molar-refractivity contribution in [3.8, 4) is 0 Å². The van der Waals surface area contributed by atoms with Crippen molar-refractivity contribution < 1.29 is 0 Å². The van der Waals surface area contributed by atoms with Gasteiger partial charge >= 0.3 is 0 Å². The lowest BCUT2D eigenvalue weighted by Gasteiger charge is -2.11. The van der Waals surface area contributed by atoms with Gasteiger partial charge in [0.15, 0.2) is 0 Å². The predicted molar refractivity (Wildman–Crippen MR) is 60.6 cm³/mol. The minimum atomic E-state index is 0.0486. The Labute approximate surface area is 87.8 Å². The first kappa shape index (κ1) is 10.5. The minimum Gasteiger partial charge on any atom is -0.324 e. The molecule has 1 atom stereocenters. The van der Waals surface area contributed by atoms with Crippen LogP contribution in [0.1, 0.15) is 23.6 Å². The molecule has 0 aliphatic rings. The summed E-state index contributed by atoms with van der Waals surface area (Å²) < 4.78 is 1.09. The third-order valence-electron chi connectivity index (χ3n) is 1.98. The summed E-state index contributed by atoms with van der Waals surface area (Å²) in [6.07, 6.45) is 2.65. The van der Waals surface area contributed by atoms with Crippen LogP contribution < -0.4 is 5.73 Å². The molecule has 0 fully saturated rings. The fourth-order valence-electron chi connectivity index (χ4n) is 1.24. The fraction of sp³-hybridized carbons (Fsp3) is 0.273. The van der Waals surface area contributed by atoms with Crippen LogP contribution in [-0.2, 0) is 0 Å². The molecule has 2 N–H and O–H groups in total. The average Bonchev–Trinajstić information content (AvgIpc) is 2.04. The van der Waals surface area contributed by atoms with E-state index in [0.717, 1.165) is 16.5 Å². The highest BCUT2D eigenvalue weighted by molar-refractivity contribution is 9.10. The van der Waals surface area contributed by atoms with Crippen molar-refractivity contribution in [3.63, 3.8) is 0 Å². The normalized spacial score (nSPS) is 12.5. The molecule has 1 aromatic carbocycles. The lowest BCUT2D eigenvalue weighted by molar-refractivity contribution is 0.737. The van der Waals surface area contributed by atoms with Gasteiger partial charge in [-0.1, -0.05) is 34.1 Å². The maximum Gasteiger partial charge on any atom is 0.0340 e. The van der Waals surface area contributed by atoms with Gasteiger partial charge in [0, 0.05) is 10.5 Å². The Morgan fingerprint density at radius 1 is 1.62 bits per heavy atom. The Morgan fingerprint density at radius 2 is 2.31 bits per heavy atom. The Kier molecular flexibility index (Phi) is 3.70. The second-order valence-corrected chi connectivity index (χ2v) is 4.01. The molecular formula is C11H14BrN. The minimum absolute atomic E-state index is 0.0486. The SMILES string of the molecule is C=CC[C@@H](N)c1ccc(C)cc1Br. The van der Waals surface area contributed by atoms with E-state index in [-0.39, 0.29) is 6.04 Å². The Balaban J connectivity index is 2.94. The van der Waals surface area contributed by atoms with E-state index in [9.17, 15) is 0 Å². The van der Waals surface area contributed by atoms with E-state index in [1.165, 1.54) is 5.56 Å². The summed E-state index contributed by atoms with van der Waals surface area (Å²) in [5.74, 6) is 0. The highest BCUT2D eigenvalue weighted by atomic mass is 79.9. The molecule has 0 radical (unpaired) electrons. The standard InChI is InChI=1S/C11H14BrN/c1-3-4-11(13)9-6-5-8(2)7-10(9)12/h3,5-7,11H,1,4,13H2,2H3/t11-/m1/s1. The second kappa shape index (κ2) is 4.58. The number of aryl methyl sites for hydroxylation is 1. The molecule has 1 aromatic rings. The summed E-state index contributed by atoms with van der Waals surface area (Å²) in [7, 11) is 0. The van der Waals surface area contributed by atoms with Crippen molar-refractivity contribution in [1.82, 2.24) is 0 Å². The maximum atomic E-state index is 5.96. The number of hydrogen-bond acceptors (Lipinski definition) is 1. The molecule has 0 unspecified atom stereocenters. The van der Waals surface area contributed by atoms with Crippen molar-refractivity contribution in [2.45, 2.75) is 19.4 Å². The van der Waals surface area contributed by atoms with Crippen LogP contribution in [0.3, 0.4) is 0 Å². The summed E-state index contributed by atoms with van der Waals surface area (Å²) in [5.41, 5.74) is 8.34. The molecule has 0 saturated carbocycles. The lowest BCUT2D eigenvalue weighted by Crippen LogP contribution is -2.09. The van der Waals surface area contributed by atoms with Gasteiger partial charge in [0.1, 0.15) is 0 Å². The van der Waals surface area contributed by atoms with Gasteiger partial charge < -0.3 is 5.73 Å². The highest BCUT2D eigenvalue weighted by Gasteiger charge is 2.07. The molecule has 0 saturated heterocycles. The zero-order chi connectivity index (χ0) is 9.84. The van der Waals surface area contributed by atoms with Crippen molar-refractivity contribution in [3.05, 3.63) is 46.5 Å². The van der Waals surface area contributed by atoms with Gasteiger partial charge in [-0.05, 0) is 30.5 Å². The number of hydrogen-bond donors (Lipinski definition) is 1. The zero-order valence-electron chi connectivity index (χ0n) is 7.76. The van der Waals surface area contributed by atoms with Crippen LogP contribution in [0.5, 0.6) is 0 Å².